The molecule has 1 aliphatic heterocycles. The van der Waals surface area contributed by atoms with E-state index in [1.165, 1.54) is 0 Å². The number of ether oxygens (including phenoxy) is 1. The van der Waals surface area contributed by atoms with Crippen molar-refractivity contribution in [2.45, 2.75) is 6.42 Å². The van der Waals surface area contributed by atoms with Crippen molar-refractivity contribution in [3.63, 3.8) is 0 Å². The molecule has 0 spiro atoms. The van der Waals surface area contributed by atoms with Gasteiger partial charge in [0, 0.05) is 21.5 Å². The molecule has 0 saturated carbocycles. The Balaban J connectivity index is 2.33. The van der Waals surface area contributed by atoms with E-state index in [1.807, 2.05) is 6.08 Å². The molecule has 0 N–H and O–H groups in total. The van der Waals surface area contributed by atoms with Crippen LogP contribution in [0.25, 0.3) is 0 Å². The van der Waals surface area contributed by atoms with Crippen LogP contribution in [0.1, 0.15) is 16.8 Å². The lowest BCUT2D eigenvalue weighted by atomic mass is 10.1. The molecular weight excluding hydrogens is 279 g/mol. The summed E-state index contributed by atoms with van der Waals surface area (Å²) in [7, 11) is 0. The molecule has 0 aliphatic carbocycles. The van der Waals surface area contributed by atoms with Gasteiger partial charge in [0.15, 0.2) is 5.76 Å². The smallest absolute Gasteiger partial charge is 0.228 e. The first-order valence-corrected chi connectivity index (χ1v) is 5.68. The number of rotatable bonds is 2. The molecule has 78 valence electrons. The average Bonchev–Trinajstić information content (AvgIpc) is 2.69. The normalized spacial score (nSPS) is 14.7. The lowest BCUT2D eigenvalue weighted by molar-refractivity contribution is 0.0941. The van der Waals surface area contributed by atoms with Crippen LogP contribution >= 0.6 is 27.5 Å². The Hall–Kier alpha value is -0.800. The van der Waals surface area contributed by atoms with Crippen molar-refractivity contribution >= 4 is 33.3 Å². The number of hydrogen-bond acceptors (Lipinski definition) is 2. The van der Waals surface area contributed by atoms with E-state index in [0.29, 0.717) is 27.4 Å². The van der Waals surface area contributed by atoms with Gasteiger partial charge in [0.05, 0.1) is 6.61 Å². The Bertz CT molecular complexity index is 440. The number of carbonyl (C=O) groups is 1. The first kappa shape index (κ1) is 10.7. The maximum Gasteiger partial charge on any atom is 0.228 e. The fourth-order valence-corrected chi connectivity index (χ4v) is 2.25. The van der Waals surface area contributed by atoms with E-state index < -0.39 is 0 Å². The van der Waals surface area contributed by atoms with Gasteiger partial charge in [0.25, 0.3) is 0 Å². The molecule has 2 nitrogen and oxygen atoms in total. The molecule has 0 fully saturated rings. The molecule has 15 heavy (non-hydrogen) atoms. The van der Waals surface area contributed by atoms with Gasteiger partial charge >= 0.3 is 0 Å². The van der Waals surface area contributed by atoms with Crippen molar-refractivity contribution in [1.29, 1.82) is 0 Å². The van der Waals surface area contributed by atoms with Crippen molar-refractivity contribution in [2.24, 2.45) is 0 Å². The van der Waals surface area contributed by atoms with Crippen LogP contribution in [-0.4, -0.2) is 12.4 Å². The molecule has 0 saturated heterocycles. The van der Waals surface area contributed by atoms with Gasteiger partial charge in [-0.25, -0.2) is 0 Å². The van der Waals surface area contributed by atoms with Gasteiger partial charge in [0.1, 0.15) is 0 Å². The number of Topliss-reactive ketones (excluding diaryl/α,β-unsaturated/α-hetero) is 1. The highest BCUT2D eigenvalue weighted by Gasteiger charge is 2.19. The highest BCUT2D eigenvalue weighted by molar-refractivity contribution is 9.10. The van der Waals surface area contributed by atoms with Crippen LogP contribution in [0.2, 0.25) is 5.02 Å². The monoisotopic (exact) mass is 286 g/mol. The Morgan fingerprint density at radius 3 is 2.87 bits per heavy atom. The van der Waals surface area contributed by atoms with E-state index in [0.717, 1.165) is 6.42 Å². The van der Waals surface area contributed by atoms with Crippen molar-refractivity contribution in [3.8, 4) is 0 Å². The van der Waals surface area contributed by atoms with E-state index in [1.54, 1.807) is 18.2 Å². The number of ketones is 1. The topological polar surface area (TPSA) is 26.3 Å². The lowest BCUT2D eigenvalue weighted by Crippen LogP contribution is -2.04. The van der Waals surface area contributed by atoms with Gasteiger partial charge in [-0.2, -0.15) is 0 Å². The van der Waals surface area contributed by atoms with Crippen LogP contribution in [0.4, 0.5) is 0 Å². The Kier molecular flexibility index (Phi) is 3.12. The summed E-state index contributed by atoms with van der Waals surface area (Å²) in [5.74, 6) is 0.328. The molecule has 2 rings (SSSR count). The second-order valence-corrected chi connectivity index (χ2v) is 4.45. The number of carbonyl (C=O) groups excluding carboxylic acids is 1. The van der Waals surface area contributed by atoms with Crippen LogP contribution in [0, 0.1) is 0 Å². The molecule has 4 heteroatoms. The minimum atomic E-state index is -0.101. The summed E-state index contributed by atoms with van der Waals surface area (Å²) in [6.45, 7) is 0.590. The van der Waals surface area contributed by atoms with Crippen molar-refractivity contribution in [2.75, 3.05) is 6.61 Å². The molecule has 1 aromatic carbocycles. The zero-order valence-corrected chi connectivity index (χ0v) is 10.1. The summed E-state index contributed by atoms with van der Waals surface area (Å²) in [6, 6.07) is 5.08. The van der Waals surface area contributed by atoms with Crippen LogP contribution in [0.5, 0.6) is 0 Å². The SMILES string of the molecule is O=C(C1=CCCO1)c1ccc(Cl)cc1Br. The first-order chi connectivity index (χ1) is 7.18. The van der Waals surface area contributed by atoms with Crippen molar-refractivity contribution in [3.05, 3.63) is 45.1 Å². The van der Waals surface area contributed by atoms with E-state index in [2.05, 4.69) is 15.9 Å². The number of hydrogen-bond donors (Lipinski definition) is 0. The Morgan fingerprint density at radius 1 is 1.47 bits per heavy atom. The molecular formula is C11H8BrClO2. The maximum atomic E-state index is 11.9. The fourth-order valence-electron chi connectivity index (χ4n) is 1.38. The minimum absolute atomic E-state index is 0.101. The molecule has 0 aromatic heterocycles. The second-order valence-electron chi connectivity index (χ2n) is 3.16. The zero-order valence-electron chi connectivity index (χ0n) is 7.80. The third-order valence-electron chi connectivity index (χ3n) is 2.10. The quantitative estimate of drug-likeness (QED) is 0.777. The predicted molar refractivity (Wildman–Crippen MR) is 62.1 cm³/mol. The van der Waals surface area contributed by atoms with E-state index in [9.17, 15) is 4.79 Å². The summed E-state index contributed by atoms with van der Waals surface area (Å²) in [5, 5.41) is 0.597. The van der Waals surface area contributed by atoms with Gasteiger partial charge < -0.3 is 4.74 Å². The Morgan fingerprint density at radius 2 is 2.27 bits per heavy atom. The summed E-state index contributed by atoms with van der Waals surface area (Å²) in [5.41, 5.74) is 0.576. The van der Waals surface area contributed by atoms with Gasteiger partial charge in [-0.3, -0.25) is 4.79 Å². The second kappa shape index (κ2) is 4.37. The van der Waals surface area contributed by atoms with Crippen molar-refractivity contribution in [1.82, 2.24) is 0 Å². The standard InChI is InChI=1S/C11H8BrClO2/c12-9-6-7(13)3-4-8(9)11(14)10-2-1-5-15-10/h2-4,6H,1,5H2. The fraction of sp³-hybridized carbons (Fsp3) is 0.182. The summed E-state index contributed by atoms with van der Waals surface area (Å²) in [6.07, 6.45) is 2.61. The van der Waals surface area contributed by atoms with Crippen molar-refractivity contribution < 1.29 is 9.53 Å². The maximum absolute atomic E-state index is 11.9. The zero-order chi connectivity index (χ0) is 10.8. The number of halogens is 2. The largest absolute Gasteiger partial charge is 0.489 e. The van der Waals surface area contributed by atoms with Gasteiger partial charge in [-0.1, -0.05) is 11.6 Å². The molecule has 1 heterocycles. The van der Waals surface area contributed by atoms with E-state index in [4.69, 9.17) is 16.3 Å². The van der Waals surface area contributed by atoms with Gasteiger partial charge in [-0.15, -0.1) is 0 Å². The molecule has 0 radical (unpaired) electrons. The summed E-state index contributed by atoms with van der Waals surface area (Å²) in [4.78, 5) is 11.9. The van der Waals surface area contributed by atoms with E-state index in [-0.39, 0.29) is 5.78 Å². The minimum Gasteiger partial charge on any atom is -0.489 e. The summed E-state index contributed by atoms with van der Waals surface area (Å²) < 4.78 is 5.90. The summed E-state index contributed by atoms with van der Waals surface area (Å²) >= 11 is 9.10. The molecule has 0 bridgehead atoms. The van der Waals surface area contributed by atoms with E-state index >= 15 is 0 Å². The highest BCUT2D eigenvalue weighted by Crippen LogP contribution is 2.25. The van der Waals surface area contributed by atoms with Crippen LogP contribution in [0.15, 0.2) is 34.5 Å². The van der Waals surface area contributed by atoms with Crippen LogP contribution < -0.4 is 0 Å². The van der Waals surface area contributed by atoms with Gasteiger partial charge in [-0.05, 0) is 40.2 Å². The van der Waals surface area contributed by atoms with Gasteiger partial charge in [0.2, 0.25) is 5.78 Å². The molecule has 1 aromatic rings. The molecule has 1 aliphatic rings. The predicted octanol–water partition coefficient (Wildman–Crippen LogP) is 3.59. The first-order valence-electron chi connectivity index (χ1n) is 4.51. The molecule has 0 atom stereocenters. The lowest BCUT2D eigenvalue weighted by Gasteiger charge is -2.05. The molecule has 0 amide bonds. The van der Waals surface area contributed by atoms with Crippen LogP contribution in [0.3, 0.4) is 0 Å². The highest BCUT2D eigenvalue weighted by atomic mass is 79.9. The third-order valence-corrected chi connectivity index (χ3v) is 3.00. The third kappa shape index (κ3) is 2.24. The van der Waals surface area contributed by atoms with Crippen LogP contribution in [-0.2, 0) is 4.74 Å². The average molecular weight is 288 g/mol. The number of benzene rings is 1. The number of allylic oxidation sites excluding steroid dienone is 1. The Labute approximate surface area is 101 Å². The molecule has 0 unspecified atom stereocenters.